The van der Waals surface area contributed by atoms with Crippen LogP contribution in [0.2, 0.25) is 0 Å². The number of ether oxygens (including phenoxy) is 3. The van der Waals surface area contributed by atoms with E-state index >= 15 is 0 Å². The summed E-state index contributed by atoms with van der Waals surface area (Å²) in [5.74, 6) is 2.43. The number of benzene rings is 2. The summed E-state index contributed by atoms with van der Waals surface area (Å²) in [4.78, 5) is 0. The fraction of sp³-hybridized carbons (Fsp3) is 0.400. The van der Waals surface area contributed by atoms with Gasteiger partial charge in [-0.15, -0.1) is 0 Å². The predicted molar refractivity (Wildman–Crippen MR) is 97.4 cm³/mol. The van der Waals surface area contributed by atoms with Crippen molar-refractivity contribution in [3.63, 3.8) is 0 Å². The first-order chi connectivity index (χ1) is 11.6. The Morgan fingerprint density at radius 2 is 1.54 bits per heavy atom. The van der Waals surface area contributed by atoms with Crippen molar-refractivity contribution in [3.05, 3.63) is 52.6 Å². The highest BCUT2D eigenvalue weighted by Crippen LogP contribution is 2.31. The third-order valence-electron chi connectivity index (χ3n) is 4.14. The minimum atomic E-state index is 0.449. The van der Waals surface area contributed by atoms with E-state index in [1.54, 1.807) is 7.11 Å². The number of hydrogen-bond acceptors (Lipinski definition) is 4. The van der Waals surface area contributed by atoms with Crippen molar-refractivity contribution in [3.8, 4) is 17.2 Å². The summed E-state index contributed by atoms with van der Waals surface area (Å²) in [6, 6.07) is 10.1. The van der Waals surface area contributed by atoms with Gasteiger partial charge in [-0.05, 0) is 62.1 Å². The summed E-state index contributed by atoms with van der Waals surface area (Å²) in [6.45, 7) is 7.73. The van der Waals surface area contributed by atoms with Crippen molar-refractivity contribution in [1.29, 1.82) is 0 Å². The first kappa shape index (κ1) is 18.1. The largest absolute Gasteiger partial charge is 0.493 e. The molecule has 2 N–H and O–H groups in total. The fourth-order valence-corrected chi connectivity index (χ4v) is 2.67. The van der Waals surface area contributed by atoms with Crippen molar-refractivity contribution < 1.29 is 14.2 Å². The van der Waals surface area contributed by atoms with Crippen LogP contribution in [0, 0.1) is 20.8 Å². The molecule has 2 aromatic carbocycles. The molecule has 0 amide bonds. The lowest BCUT2D eigenvalue weighted by atomic mass is 10.1. The van der Waals surface area contributed by atoms with Gasteiger partial charge in [0.2, 0.25) is 0 Å². The van der Waals surface area contributed by atoms with E-state index in [4.69, 9.17) is 19.9 Å². The van der Waals surface area contributed by atoms with Crippen molar-refractivity contribution in [2.45, 2.75) is 27.2 Å². The second-order valence-corrected chi connectivity index (χ2v) is 5.84. The molecule has 0 fully saturated rings. The van der Waals surface area contributed by atoms with Crippen LogP contribution in [0.15, 0.2) is 30.3 Å². The Morgan fingerprint density at radius 1 is 0.875 bits per heavy atom. The third-order valence-corrected chi connectivity index (χ3v) is 4.14. The van der Waals surface area contributed by atoms with E-state index in [0.717, 1.165) is 34.8 Å². The zero-order valence-electron chi connectivity index (χ0n) is 15.0. The molecule has 0 aliphatic carbocycles. The van der Waals surface area contributed by atoms with Gasteiger partial charge < -0.3 is 19.9 Å². The van der Waals surface area contributed by atoms with Crippen LogP contribution in [0.1, 0.15) is 22.3 Å². The number of hydrogen-bond donors (Lipinski definition) is 1. The van der Waals surface area contributed by atoms with Crippen LogP contribution in [0.3, 0.4) is 0 Å². The zero-order valence-corrected chi connectivity index (χ0v) is 15.0. The topological polar surface area (TPSA) is 53.7 Å². The van der Waals surface area contributed by atoms with Gasteiger partial charge in [-0.3, -0.25) is 0 Å². The maximum absolute atomic E-state index is 5.95. The van der Waals surface area contributed by atoms with E-state index in [0.29, 0.717) is 19.8 Å². The minimum Gasteiger partial charge on any atom is -0.493 e. The second kappa shape index (κ2) is 8.60. The summed E-state index contributed by atoms with van der Waals surface area (Å²) in [5, 5.41) is 0. The molecule has 0 aliphatic rings. The molecule has 24 heavy (non-hydrogen) atoms. The highest BCUT2D eigenvalue weighted by atomic mass is 16.5. The van der Waals surface area contributed by atoms with Crippen LogP contribution < -0.4 is 19.9 Å². The number of aryl methyl sites for hydroxylation is 2. The average Bonchev–Trinajstić information content (AvgIpc) is 2.58. The summed E-state index contributed by atoms with van der Waals surface area (Å²) < 4.78 is 17.3. The number of rotatable bonds is 8. The van der Waals surface area contributed by atoms with E-state index < -0.39 is 0 Å². The van der Waals surface area contributed by atoms with Crippen LogP contribution in [0.4, 0.5) is 0 Å². The van der Waals surface area contributed by atoms with Crippen LogP contribution >= 0.6 is 0 Å². The SMILES string of the molecule is COc1cccc(CCN)c1OCCOc1c(C)ccc(C)c1C. The molecule has 0 atom stereocenters. The Bertz CT molecular complexity index is 683. The lowest BCUT2D eigenvalue weighted by Gasteiger charge is -2.17. The standard InChI is InChI=1S/C20H27NO3/c1-14-8-9-15(2)19(16(14)3)23-12-13-24-20-17(10-11-21)6-5-7-18(20)22-4/h5-9H,10-13,21H2,1-4H3. The molecule has 0 unspecified atom stereocenters. The minimum absolute atomic E-state index is 0.449. The number of nitrogens with two attached hydrogens (primary N) is 1. The molecule has 0 aliphatic heterocycles. The van der Waals surface area contributed by atoms with Crippen LogP contribution in [-0.2, 0) is 6.42 Å². The normalized spacial score (nSPS) is 10.5. The molecule has 0 spiro atoms. The highest BCUT2D eigenvalue weighted by molar-refractivity contribution is 5.47. The molecule has 4 nitrogen and oxygen atoms in total. The van der Waals surface area contributed by atoms with Gasteiger partial charge in [0, 0.05) is 0 Å². The zero-order chi connectivity index (χ0) is 17.5. The second-order valence-electron chi connectivity index (χ2n) is 5.84. The predicted octanol–water partition coefficient (Wildman–Crippen LogP) is 3.58. The Kier molecular flexibility index (Phi) is 6.50. The van der Waals surface area contributed by atoms with Crippen molar-refractivity contribution >= 4 is 0 Å². The molecule has 4 heteroatoms. The average molecular weight is 329 g/mol. The van der Waals surface area contributed by atoms with Crippen LogP contribution in [0.25, 0.3) is 0 Å². The monoisotopic (exact) mass is 329 g/mol. The number of methoxy groups -OCH3 is 1. The van der Waals surface area contributed by atoms with Gasteiger partial charge in [0.1, 0.15) is 19.0 Å². The van der Waals surface area contributed by atoms with Gasteiger partial charge in [0.05, 0.1) is 7.11 Å². The van der Waals surface area contributed by atoms with Gasteiger partial charge in [-0.25, -0.2) is 0 Å². The molecular formula is C20H27NO3. The lowest BCUT2D eigenvalue weighted by molar-refractivity contribution is 0.208. The molecule has 0 bridgehead atoms. The number of para-hydroxylation sites is 1. The Balaban J connectivity index is 2.02. The molecule has 0 saturated heterocycles. The van der Waals surface area contributed by atoms with E-state index in [1.807, 2.05) is 18.2 Å². The smallest absolute Gasteiger partial charge is 0.164 e. The molecular weight excluding hydrogens is 302 g/mol. The Hall–Kier alpha value is -2.20. The van der Waals surface area contributed by atoms with Crippen molar-refractivity contribution in [1.82, 2.24) is 0 Å². The van der Waals surface area contributed by atoms with Gasteiger partial charge in [0.15, 0.2) is 11.5 Å². The fourth-order valence-electron chi connectivity index (χ4n) is 2.67. The van der Waals surface area contributed by atoms with Gasteiger partial charge in [-0.1, -0.05) is 24.3 Å². The van der Waals surface area contributed by atoms with Gasteiger partial charge >= 0.3 is 0 Å². The third kappa shape index (κ3) is 4.20. The van der Waals surface area contributed by atoms with E-state index in [9.17, 15) is 0 Å². The molecule has 0 aromatic heterocycles. The van der Waals surface area contributed by atoms with Crippen LogP contribution in [0.5, 0.6) is 17.2 Å². The van der Waals surface area contributed by atoms with E-state index in [2.05, 4.69) is 32.9 Å². The lowest BCUT2D eigenvalue weighted by Crippen LogP contribution is -2.13. The van der Waals surface area contributed by atoms with Gasteiger partial charge in [-0.2, -0.15) is 0 Å². The molecule has 0 heterocycles. The summed E-state index contributed by atoms with van der Waals surface area (Å²) in [5.41, 5.74) is 10.3. The van der Waals surface area contributed by atoms with E-state index in [1.165, 1.54) is 11.1 Å². The molecule has 0 saturated carbocycles. The first-order valence-electron chi connectivity index (χ1n) is 8.26. The molecule has 2 aromatic rings. The maximum atomic E-state index is 5.95. The van der Waals surface area contributed by atoms with E-state index in [-0.39, 0.29) is 0 Å². The van der Waals surface area contributed by atoms with Crippen molar-refractivity contribution in [2.24, 2.45) is 5.73 Å². The van der Waals surface area contributed by atoms with Gasteiger partial charge in [0.25, 0.3) is 0 Å². The quantitative estimate of drug-likeness (QED) is 0.752. The highest BCUT2D eigenvalue weighted by Gasteiger charge is 2.11. The molecule has 130 valence electrons. The Labute approximate surface area is 144 Å². The Morgan fingerprint density at radius 3 is 2.21 bits per heavy atom. The first-order valence-corrected chi connectivity index (χ1v) is 8.26. The molecule has 0 radical (unpaired) electrons. The van der Waals surface area contributed by atoms with Crippen molar-refractivity contribution in [2.75, 3.05) is 26.9 Å². The van der Waals surface area contributed by atoms with Crippen LogP contribution in [-0.4, -0.2) is 26.9 Å². The summed E-state index contributed by atoms with van der Waals surface area (Å²) in [7, 11) is 1.64. The molecule has 2 rings (SSSR count). The maximum Gasteiger partial charge on any atom is 0.164 e. The summed E-state index contributed by atoms with van der Waals surface area (Å²) in [6.07, 6.45) is 0.753. The summed E-state index contributed by atoms with van der Waals surface area (Å²) >= 11 is 0.